The summed E-state index contributed by atoms with van der Waals surface area (Å²) in [5, 5.41) is 6.54. The van der Waals surface area contributed by atoms with Crippen LogP contribution in [0.15, 0.2) is 65.1 Å². The van der Waals surface area contributed by atoms with Gasteiger partial charge in [0, 0.05) is 11.7 Å². The first-order valence-corrected chi connectivity index (χ1v) is 7.38. The summed E-state index contributed by atoms with van der Waals surface area (Å²) in [7, 11) is 0. The maximum Gasteiger partial charge on any atom is 0.0612 e. The second-order valence-electron chi connectivity index (χ2n) is 5.43. The van der Waals surface area contributed by atoms with Crippen LogP contribution in [0.4, 0.5) is 0 Å². The van der Waals surface area contributed by atoms with Gasteiger partial charge in [0.25, 0.3) is 0 Å². The molecule has 1 aliphatic carbocycles. The molecule has 3 nitrogen and oxygen atoms in total. The van der Waals surface area contributed by atoms with Gasteiger partial charge in [0.1, 0.15) is 0 Å². The fourth-order valence-electron chi connectivity index (χ4n) is 1.80. The van der Waals surface area contributed by atoms with Crippen LogP contribution >= 0.6 is 0 Å². The molecule has 1 rings (SSSR count). The molecule has 0 aliphatic heterocycles. The molecule has 3 heteroatoms. The van der Waals surface area contributed by atoms with Crippen LogP contribution in [0.2, 0.25) is 0 Å². The molecule has 21 heavy (non-hydrogen) atoms. The molecule has 0 aromatic heterocycles. The summed E-state index contributed by atoms with van der Waals surface area (Å²) < 4.78 is 0. The molecule has 0 saturated carbocycles. The van der Waals surface area contributed by atoms with Crippen molar-refractivity contribution in [1.82, 2.24) is 5.01 Å². The van der Waals surface area contributed by atoms with Gasteiger partial charge in [-0.15, -0.1) is 0 Å². The third-order valence-electron chi connectivity index (χ3n) is 3.51. The smallest absolute Gasteiger partial charge is 0.0612 e. The van der Waals surface area contributed by atoms with Crippen LogP contribution in [0.3, 0.4) is 0 Å². The highest BCUT2D eigenvalue weighted by atomic mass is 15.5. The number of hydrazone groups is 1. The van der Waals surface area contributed by atoms with Crippen molar-refractivity contribution < 1.29 is 0 Å². The van der Waals surface area contributed by atoms with Crippen LogP contribution in [0.5, 0.6) is 0 Å². The van der Waals surface area contributed by atoms with Crippen LogP contribution in [0.25, 0.3) is 0 Å². The minimum Gasteiger partial charge on any atom is -0.323 e. The van der Waals surface area contributed by atoms with Crippen molar-refractivity contribution in [1.29, 1.82) is 0 Å². The highest BCUT2D eigenvalue weighted by Crippen LogP contribution is 2.23. The fraction of sp³-hybridized carbons (Fsp3) is 0.389. The lowest BCUT2D eigenvalue weighted by Crippen LogP contribution is -2.27. The quantitative estimate of drug-likeness (QED) is 0.584. The Labute approximate surface area is 128 Å². The monoisotopic (exact) mass is 285 g/mol. The van der Waals surface area contributed by atoms with E-state index >= 15 is 0 Å². The Balaban J connectivity index is 3.09. The lowest BCUT2D eigenvalue weighted by Gasteiger charge is -2.23. The molecule has 1 unspecified atom stereocenters. The number of nitrogens with two attached hydrogens (primary N) is 1. The van der Waals surface area contributed by atoms with Gasteiger partial charge in [-0.3, -0.25) is 0 Å². The van der Waals surface area contributed by atoms with Crippen LogP contribution in [0, 0.1) is 0 Å². The summed E-state index contributed by atoms with van der Waals surface area (Å²) in [4.78, 5) is 0. The van der Waals surface area contributed by atoms with E-state index in [0.717, 1.165) is 35.5 Å². The fourth-order valence-corrected chi connectivity index (χ4v) is 1.80. The van der Waals surface area contributed by atoms with E-state index in [9.17, 15) is 0 Å². The van der Waals surface area contributed by atoms with Crippen molar-refractivity contribution in [2.45, 2.75) is 46.6 Å². The first kappa shape index (κ1) is 17.2. The van der Waals surface area contributed by atoms with Gasteiger partial charge in [-0.05, 0) is 45.3 Å². The van der Waals surface area contributed by atoms with Crippen LogP contribution < -0.4 is 5.73 Å². The third-order valence-corrected chi connectivity index (χ3v) is 3.51. The maximum atomic E-state index is 5.90. The van der Waals surface area contributed by atoms with E-state index in [1.165, 1.54) is 5.57 Å². The highest BCUT2D eigenvalue weighted by Gasteiger charge is 2.12. The molecule has 0 saturated heterocycles. The van der Waals surface area contributed by atoms with E-state index < -0.39 is 0 Å². The van der Waals surface area contributed by atoms with Gasteiger partial charge >= 0.3 is 0 Å². The van der Waals surface area contributed by atoms with Crippen LogP contribution in [-0.4, -0.2) is 16.8 Å². The van der Waals surface area contributed by atoms with Gasteiger partial charge < -0.3 is 5.73 Å². The summed E-state index contributed by atoms with van der Waals surface area (Å²) >= 11 is 0. The number of hydrogen-bond acceptors (Lipinski definition) is 3. The first-order valence-electron chi connectivity index (χ1n) is 7.38. The Bertz CT molecular complexity index is 531. The lowest BCUT2D eigenvalue weighted by atomic mass is 10.1. The number of allylic oxidation sites excluding steroid dienone is 7. The molecule has 0 heterocycles. The van der Waals surface area contributed by atoms with E-state index in [-0.39, 0.29) is 6.04 Å². The van der Waals surface area contributed by atoms with Gasteiger partial charge in [0.15, 0.2) is 0 Å². The number of rotatable bonds is 6. The van der Waals surface area contributed by atoms with Crippen LogP contribution in [0.1, 0.15) is 40.5 Å². The number of hydrogen-bond donors (Lipinski definition) is 1. The molecule has 0 fully saturated rings. The molecule has 1 atom stereocenters. The Morgan fingerprint density at radius 1 is 1.43 bits per heavy atom. The average molecular weight is 285 g/mol. The van der Waals surface area contributed by atoms with Gasteiger partial charge in [0.2, 0.25) is 0 Å². The van der Waals surface area contributed by atoms with E-state index in [1.807, 2.05) is 31.9 Å². The summed E-state index contributed by atoms with van der Waals surface area (Å²) in [6.45, 7) is 16.1. The van der Waals surface area contributed by atoms with E-state index in [0.29, 0.717) is 0 Å². The maximum absolute atomic E-state index is 5.90. The molecular formula is C18H27N3. The topological polar surface area (TPSA) is 41.6 Å². The van der Waals surface area contributed by atoms with Gasteiger partial charge in [-0.1, -0.05) is 43.9 Å². The van der Waals surface area contributed by atoms with E-state index in [4.69, 9.17) is 5.73 Å². The normalized spacial score (nSPS) is 16.7. The zero-order chi connectivity index (χ0) is 16.0. The molecule has 2 N–H and O–H groups in total. The third kappa shape index (κ3) is 4.87. The second-order valence-corrected chi connectivity index (χ2v) is 5.43. The lowest BCUT2D eigenvalue weighted by molar-refractivity contribution is 0.452. The molecular weight excluding hydrogens is 258 g/mol. The van der Waals surface area contributed by atoms with Crippen molar-refractivity contribution in [2.24, 2.45) is 10.8 Å². The minimum atomic E-state index is -0.0726. The minimum absolute atomic E-state index is 0.0726. The second kappa shape index (κ2) is 7.79. The summed E-state index contributed by atoms with van der Waals surface area (Å²) in [5.74, 6) is 0. The SMILES string of the molecule is C=C(C)C1=CC=CC(N(/N=C(\C)C(C)N)C(=C)CC)=CC1. The summed E-state index contributed by atoms with van der Waals surface area (Å²) in [5.41, 5.74) is 11.1. The molecule has 0 bridgehead atoms. The Morgan fingerprint density at radius 2 is 2.10 bits per heavy atom. The molecule has 0 radical (unpaired) electrons. The zero-order valence-corrected chi connectivity index (χ0v) is 13.7. The molecule has 0 aromatic rings. The Kier molecular flexibility index (Phi) is 6.38. The largest absolute Gasteiger partial charge is 0.323 e. The Morgan fingerprint density at radius 3 is 2.62 bits per heavy atom. The van der Waals surface area contributed by atoms with Crippen molar-refractivity contribution in [2.75, 3.05) is 0 Å². The van der Waals surface area contributed by atoms with Gasteiger partial charge in [-0.2, -0.15) is 5.10 Å². The molecule has 0 spiro atoms. The predicted octanol–water partition coefficient (Wildman–Crippen LogP) is 4.28. The standard InChI is InChI=1S/C18H27N3/c1-7-14(4)21(20-16(6)15(5)19)18-10-8-9-17(11-12-18)13(2)3/h8-10,12,15H,2,4,7,11,19H2,1,3,5-6H3/b20-16+. The van der Waals surface area contributed by atoms with E-state index in [1.54, 1.807) is 0 Å². The highest BCUT2D eigenvalue weighted by molar-refractivity contribution is 5.86. The zero-order valence-electron chi connectivity index (χ0n) is 13.7. The first-order chi connectivity index (χ1) is 9.86. The molecule has 0 amide bonds. The van der Waals surface area contributed by atoms with Gasteiger partial charge in [0.05, 0.1) is 11.4 Å². The molecule has 114 valence electrons. The van der Waals surface area contributed by atoms with Crippen molar-refractivity contribution in [3.05, 3.63) is 60.0 Å². The molecule has 0 aromatic carbocycles. The number of nitrogens with zero attached hydrogens (tertiary/aromatic N) is 2. The average Bonchev–Trinajstić information content (AvgIpc) is 2.69. The van der Waals surface area contributed by atoms with Crippen molar-refractivity contribution in [3.63, 3.8) is 0 Å². The van der Waals surface area contributed by atoms with E-state index in [2.05, 4.69) is 43.4 Å². The summed E-state index contributed by atoms with van der Waals surface area (Å²) in [6, 6.07) is -0.0726. The van der Waals surface area contributed by atoms with Gasteiger partial charge in [-0.25, -0.2) is 5.01 Å². The van der Waals surface area contributed by atoms with Crippen molar-refractivity contribution in [3.8, 4) is 0 Å². The molecule has 1 aliphatic rings. The summed E-state index contributed by atoms with van der Waals surface area (Å²) in [6.07, 6.45) is 10.0. The Hall–Kier alpha value is -1.87. The van der Waals surface area contributed by atoms with Crippen LogP contribution in [-0.2, 0) is 0 Å². The predicted molar refractivity (Wildman–Crippen MR) is 92.8 cm³/mol. The van der Waals surface area contributed by atoms with Crippen molar-refractivity contribution >= 4 is 5.71 Å².